The number of fused-ring (bicyclic) bond motifs is 1. The van der Waals surface area contributed by atoms with Crippen molar-refractivity contribution in [1.29, 1.82) is 0 Å². The first-order valence-electron chi connectivity index (χ1n) is 12.3. The topological polar surface area (TPSA) is 243 Å². The van der Waals surface area contributed by atoms with E-state index in [2.05, 4.69) is 20.3 Å². The molecule has 0 fully saturated rings. The summed E-state index contributed by atoms with van der Waals surface area (Å²) < 4.78 is 110. The average molecular weight is 721 g/mol. The molecule has 0 aliphatic heterocycles. The molecule has 4 N–H and O–H groups in total. The van der Waals surface area contributed by atoms with Crippen LogP contribution in [-0.2, 0) is 44.6 Å². The van der Waals surface area contributed by atoms with E-state index in [1.807, 2.05) is 0 Å². The molecular formula is C26H25N4NaO11S4. The van der Waals surface area contributed by atoms with Gasteiger partial charge in [-0.25, -0.2) is 25.3 Å². The van der Waals surface area contributed by atoms with Crippen LogP contribution in [0.5, 0.6) is 5.75 Å². The number of sulfonamides is 1. The van der Waals surface area contributed by atoms with E-state index in [4.69, 9.17) is 0 Å². The minimum absolute atomic E-state index is 0. The SMILES string of the molecule is CC(=O)Nc1cc(N=Nc2ccc(S(C)(=O)=O)cc2S(C)(=O)=O)c2c(NS(=O)(=O)c3cccc(S(=O)(=O)O)c3)cccc2c1O.[H-].[Na+]. The Balaban J connectivity index is 0.00000384. The maximum Gasteiger partial charge on any atom is 1.00 e. The van der Waals surface area contributed by atoms with Crippen molar-refractivity contribution in [2.45, 2.75) is 26.5 Å². The summed E-state index contributed by atoms with van der Waals surface area (Å²) in [7, 11) is -17.1. The summed E-state index contributed by atoms with van der Waals surface area (Å²) in [6.45, 7) is 1.16. The smallest absolute Gasteiger partial charge is 1.00 e. The van der Waals surface area contributed by atoms with Gasteiger partial charge in [-0.1, -0.05) is 18.2 Å². The summed E-state index contributed by atoms with van der Waals surface area (Å²) in [5, 5.41) is 21.3. The number of amides is 1. The van der Waals surface area contributed by atoms with Gasteiger partial charge < -0.3 is 11.8 Å². The number of azo groups is 1. The molecule has 0 saturated heterocycles. The van der Waals surface area contributed by atoms with E-state index in [1.165, 1.54) is 18.2 Å². The van der Waals surface area contributed by atoms with E-state index in [0.717, 1.165) is 68.0 Å². The summed E-state index contributed by atoms with van der Waals surface area (Å²) in [6.07, 6.45) is 1.73. The number of hydrogen-bond acceptors (Lipinski definition) is 12. The van der Waals surface area contributed by atoms with Crippen LogP contribution < -0.4 is 39.6 Å². The Hall–Kier alpha value is -3.43. The Morgan fingerprint density at radius 2 is 1.35 bits per heavy atom. The fourth-order valence-electron chi connectivity index (χ4n) is 4.11. The Morgan fingerprint density at radius 1 is 0.739 bits per heavy atom. The Labute approximate surface area is 288 Å². The number of phenols is 1. The number of benzene rings is 4. The van der Waals surface area contributed by atoms with Crippen LogP contribution in [0.1, 0.15) is 8.35 Å². The van der Waals surface area contributed by atoms with Gasteiger partial charge in [-0.15, -0.1) is 10.2 Å². The second-order valence-corrected chi connectivity index (χ2v) is 16.7. The van der Waals surface area contributed by atoms with Crippen molar-refractivity contribution >= 4 is 79.2 Å². The number of aromatic hydroxyl groups is 1. The van der Waals surface area contributed by atoms with Gasteiger partial charge in [-0.05, 0) is 48.5 Å². The summed E-state index contributed by atoms with van der Waals surface area (Å²) in [5.41, 5.74) is -0.796. The van der Waals surface area contributed by atoms with Crippen molar-refractivity contribution < 1.29 is 79.1 Å². The van der Waals surface area contributed by atoms with Crippen molar-refractivity contribution in [2.24, 2.45) is 10.2 Å². The first kappa shape index (κ1) is 37.0. The summed E-state index contributed by atoms with van der Waals surface area (Å²) in [4.78, 5) is 9.84. The number of phenolic OH excluding ortho intramolecular Hbond substituents is 1. The molecule has 0 aromatic heterocycles. The number of hydrogen-bond donors (Lipinski definition) is 4. The van der Waals surface area contributed by atoms with Crippen LogP contribution in [0.25, 0.3) is 10.8 Å². The third kappa shape index (κ3) is 8.28. The molecule has 46 heavy (non-hydrogen) atoms. The van der Waals surface area contributed by atoms with Gasteiger partial charge >= 0.3 is 29.6 Å². The van der Waals surface area contributed by atoms with E-state index < -0.39 is 66.2 Å². The predicted octanol–water partition coefficient (Wildman–Crippen LogP) is 0.890. The molecule has 0 heterocycles. The Kier molecular flexibility index (Phi) is 10.8. The fraction of sp³-hybridized carbons (Fsp3) is 0.115. The molecule has 0 radical (unpaired) electrons. The van der Waals surface area contributed by atoms with Crippen molar-refractivity contribution in [3.63, 3.8) is 0 Å². The van der Waals surface area contributed by atoms with E-state index in [9.17, 15) is 48.1 Å². The minimum atomic E-state index is -4.74. The zero-order valence-electron chi connectivity index (χ0n) is 25.4. The second-order valence-electron chi connectivity index (χ2n) is 9.63. The zero-order chi connectivity index (χ0) is 33.5. The molecule has 240 valence electrons. The third-order valence-corrected chi connectivity index (χ3v) is 10.6. The zero-order valence-corrected chi connectivity index (χ0v) is 29.7. The van der Waals surface area contributed by atoms with Gasteiger partial charge in [-0.2, -0.15) is 8.42 Å². The van der Waals surface area contributed by atoms with Crippen LogP contribution >= 0.6 is 0 Å². The summed E-state index contributed by atoms with van der Waals surface area (Å²) >= 11 is 0. The number of carbonyl (C=O) groups excluding carboxylic acids is 1. The normalized spacial score (nSPS) is 12.5. The number of nitrogens with zero attached hydrogens (tertiary/aromatic N) is 2. The van der Waals surface area contributed by atoms with E-state index in [0.29, 0.717) is 0 Å². The molecule has 20 heteroatoms. The Bertz CT molecular complexity index is 2370. The maximum absolute atomic E-state index is 13.3. The maximum atomic E-state index is 13.3. The fourth-order valence-corrected chi connectivity index (χ4v) is 7.38. The molecule has 4 aromatic rings. The van der Waals surface area contributed by atoms with Gasteiger partial charge in [0, 0.05) is 30.2 Å². The van der Waals surface area contributed by atoms with E-state index in [-0.39, 0.29) is 69.4 Å². The minimum Gasteiger partial charge on any atom is -1.00 e. The molecule has 0 saturated carbocycles. The van der Waals surface area contributed by atoms with Crippen molar-refractivity contribution in [3.8, 4) is 5.75 Å². The van der Waals surface area contributed by atoms with Crippen LogP contribution in [0.4, 0.5) is 22.7 Å². The molecule has 0 aliphatic rings. The van der Waals surface area contributed by atoms with E-state index >= 15 is 0 Å². The number of sulfone groups is 2. The standard InChI is InChI=1S/C26H24N4O11S4.Na.H/c1-15(31)27-23-14-22(29-28-20-11-10-16(42(2,33)34)13-24(20)43(3,35)36)25-19(26(23)32)8-5-9-21(25)30-44(37,38)17-6-4-7-18(12-17)45(39,40)41;;/h4-14,30,32H,1-3H3,(H,27,31)(H,39,40,41);;/q;+1;-1. The molecule has 0 aliphatic carbocycles. The van der Waals surface area contributed by atoms with Crippen LogP contribution in [0.15, 0.2) is 96.5 Å². The quantitative estimate of drug-likeness (QED) is 0.0819. The predicted molar refractivity (Wildman–Crippen MR) is 165 cm³/mol. The molecule has 0 unspecified atom stereocenters. The van der Waals surface area contributed by atoms with Crippen LogP contribution in [0, 0.1) is 0 Å². The molecule has 4 aromatic carbocycles. The molecule has 0 spiro atoms. The number of anilines is 2. The van der Waals surface area contributed by atoms with Crippen LogP contribution in [-0.4, -0.2) is 61.7 Å². The van der Waals surface area contributed by atoms with Gasteiger partial charge in [0.2, 0.25) is 5.91 Å². The molecule has 1 amide bonds. The van der Waals surface area contributed by atoms with Crippen LogP contribution in [0.2, 0.25) is 0 Å². The first-order chi connectivity index (χ1) is 20.7. The van der Waals surface area contributed by atoms with Crippen molar-refractivity contribution in [2.75, 3.05) is 22.6 Å². The number of carbonyl (C=O) groups is 1. The van der Waals surface area contributed by atoms with Gasteiger partial charge in [0.25, 0.3) is 20.1 Å². The van der Waals surface area contributed by atoms with Crippen LogP contribution in [0.3, 0.4) is 0 Å². The molecule has 0 bridgehead atoms. The van der Waals surface area contributed by atoms with Gasteiger partial charge in [0.15, 0.2) is 19.7 Å². The largest absolute Gasteiger partial charge is 1.00 e. The van der Waals surface area contributed by atoms with Gasteiger partial charge in [-0.3, -0.25) is 14.1 Å². The first-order valence-corrected chi connectivity index (χ1v) is 19.0. The monoisotopic (exact) mass is 720 g/mol. The van der Waals surface area contributed by atoms with Crippen molar-refractivity contribution in [1.82, 2.24) is 0 Å². The second kappa shape index (κ2) is 13.4. The van der Waals surface area contributed by atoms with Crippen molar-refractivity contribution in [3.05, 3.63) is 66.7 Å². The third-order valence-electron chi connectivity index (χ3n) is 6.10. The number of nitrogens with one attached hydrogen (secondary N) is 2. The van der Waals surface area contributed by atoms with Gasteiger partial charge in [0.05, 0.1) is 36.6 Å². The molecular weight excluding hydrogens is 696 g/mol. The summed E-state index contributed by atoms with van der Waals surface area (Å²) in [6, 6.07) is 12.2. The molecule has 0 atom stereocenters. The average Bonchev–Trinajstić information content (AvgIpc) is 2.92. The van der Waals surface area contributed by atoms with Gasteiger partial charge in [0.1, 0.15) is 11.4 Å². The Morgan fingerprint density at radius 3 is 1.93 bits per heavy atom. The van der Waals surface area contributed by atoms with E-state index in [1.54, 1.807) is 0 Å². The summed E-state index contributed by atoms with van der Waals surface area (Å²) in [5.74, 6) is -1.07. The molecule has 15 nitrogen and oxygen atoms in total. The number of rotatable bonds is 9. The molecule has 4 rings (SSSR count).